The number of thiol groups is 1. The van der Waals surface area contributed by atoms with Crippen LogP contribution in [0.15, 0.2) is 34.6 Å². The number of amides is 2. The van der Waals surface area contributed by atoms with Gasteiger partial charge >= 0.3 is 0 Å². The Balaban J connectivity index is 3.03. The van der Waals surface area contributed by atoms with Crippen molar-refractivity contribution >= 4 is 30.0 Å². The molecule has 1 rings (SSSR count). The quantitative estimate of drug-likeness (QED) is 0.330. The fourth-order valence-electron chi connectivity index (χ4n) is 1.88. The lowest BCUT2D eigenvalue weighted by Crippen LogP contribution is -2.42. The van der Waals surface area contributed by atoms with Crippen LogP contribution in [0.1, 0.15) is 26.5 Å². The van der Waals surface area contributed by atoms with Gasteiger partial charge in [0.25, 0.3) is 5.91 Å². The largest absolute Gasteiger partial charge is 0.488 e. The summed E-state index contributed by atoms with van der Waals surface area (Å²) in [6, 6.07) is 2.42. The van der Waals surface area contributed by atoms with E-state index in [2.05, 4.69) is 28.2 Å². The minimum absolute atomic E-state index is 0.150. The molecule has 0 fully saturated rings. The number of carbonyl (C=O) groups is 2. The second-order valence-corrected chi connectivity index (χ2v) is 6.18. The van der Waals surface area contributed by atoms with Gasteiger partial charge in [-0.3, -0.25) is 14.6 Å². The van der Waals surface area contributed by atoms with Crippen molar-refractivity contribution in [3.05, 3.63) is 40.3 Å². The first-order valence-electron chi connectivity index (χ1n) is 7.89. The Bertz CT molecular complexity index is 742. The Morgan fingerprint density at radius 1 is 1.35 bits per heavy atom. The van der Waals surface area contributed by atoms with Gasteiger partial charge in [-0.25, -0.2) is 0 Å². The standard InChI is InChI=1S/C17H25N5O3S/c1-9(18)15(17(24)22-11(3)16(19)23)13-7-12(5-6-21-13)25-8-14(26)10(2)20-4/h5-7,11,20,26H,8,18H2,1-4H3,(H2,19,23)(H,22,24)/b14-10-,15-9+. The highest BCUT2D eigenvalue weighted by Gasteiger charge is 2.20. The molecule has 0 aliphatic heterocycles. The third-order valence-electron chi connectivity index (χ3n) is 3.57. The van der Waals surface area contributed by atoms with Crippen molar-refractivity contribution in [2.45, 2.75) is 26.8 Å². The lowest BCUT2D eigenvalue weighted by Gasteiger charge is -2.14. The number of nitrogens with one attached hydrogen (secondary N) is 2. The zero-order chi connectivity index (χ0) is 19.9. The van der Waals surface area contributed by atoms with Crippen LogP contribution in [-0.4, -0.2) is 36.5 Å². The number of hydrogen-bond donors (Lipinski definition) is 5. The molecule has 0 radical (unpaired) electrons. The number of primary amides is 1. The van der Waals surface area contributed by atoms with E-state index in [1.807, 2.05) is 6.92 Å². The molecule has 0 saturated carbocycles. The van der Waals surface area contributed by atoms with Crippen LogP contribution in [0.4, 0.5) is 0 Å². The van der Waals surface area contributed by atoms with E-state index in [1.165, 1.54) is 13.1 Å². The maximum Gasteiger partial charge on any atom is 0.255 e. The second kappa shape index (κ2) is 9.71. The van der Waals surface area contributed by atoms with Gasteiger partial charge in [0, 0.05) is 35.6 Å². The molecule has 1 atom stereocenters. The zero-order valence-electron chi connectivity index (χ0n) is 15.3. The molecular formula is C17H25N5O3S. The average molecular weight is 379 g/mol. The number of rotatable bonds is 8. The molecule has 0 aliphatic rings. The predicted octanol–water partition coefficient (Wildman–Crippen LogP) is 0.521. The Morgan fingerprint density at radius 2 is 2.00 bits per heavy atom. The summed E-state index contributed by atoms with van der Waals surface area (Å²) in [6.45, 7) is 5.20. The molecule has 2 amide bonds. The maximum absolute atomic E-state index is 12.4. The van der Waals surface area contributed by atoms with Crippen LogP contribution in [0, 0.1) is 0 Å². The number of allylic oxidation sites excluding steroid dienone is 2. The summed E-state index contributed by atoms with van der Waals surface area (Å²) in [5.41, 5.74) is 12.6. The summed E-state index contributed by atoms with van der Waals surface area (Å²) < 4.78 is 5.68. The highest BCUT2D eigenvalue weighted by atomic mass is 32.1. The van der Waals surface area contributed by atoms with Crippen LogP contribution in [0.3, 0.4) is 0 Å². The van der Waals surface area contributed by atoms with E-state index in [0.29, 0.717) is 11.4 Å². The first kappa shape index (κ1) is 21.4. The number of aromatic nitrogens is 1. The fourth-order valence-corrected chi connectivity index (χ4v) is 2.06. The van der Waals surface area contributed by atoms with Crippen molar-refractivity contribution in [1.29, 1.82) is 0 Å². The molecule has 0 spiro atoms. The third kappa shape index (κ3) is 5.99. The van der Waals surface area contributed by atoms with Gasteiger partial charge in [-0.05, 0) is 26.8 Å². The first-order chi connectivity index (χ1) is 12.2. The molecule has 1 aromatic heterocycles. The molecule has 1 heterocycles. The van der Waals surface area contributed by atoms with E-state index >= 15 is 0 Å². The molecule has 0 bridgehead atoms. The first-order valence-corrected chi connectivity index (χ1v) is 8.34. The molecule has 9 heteroatoms. The third-order valence-corrected chi connectivity index (χ3v) is 4.03. The number of hydrogen-bond acceptors (Lipinski definition) is 7. The molecule has 8 nitrogen and oxygen atoms in total. The summed E-state index contributed by atoms with van der Waals surface area (Å²) >= 11 is 4.36. The Morgan fingerprint density at radius 3 is 2.54 bits per heavy atom. The summed E-state index contributed by atoms with van der Waals surface area (Å²) in [6.07, 6.45) is 1.51. The zero-order valence-corrected chi connectivity index (χ0v) is 16.2. The van der Waals surface area contributed by atoms with Crippen LogP contribution >= 0.6 is 12.6 Å². The average Bonchev–Trinajstić information content (AvgIpc) is 2.58. The molecule has 1 unspecified atom stereocenters. The Kier molecular flexibility index (Phi) is 7.98. The lowest BCUT2D eigenvalue weighted by atomic mass is 10.1. The fraction of sp³-hybridized carbons (Fsp3) is 0.353. The minimum atomic E-state index is -0.835. The maximum atomic E-state index is 12.4. The van der Waals surface area contributed by atoms with Gasteiger partial charge in [0.2, 0.25) is 5.91 Å². The van der Waals surface area contributed by atoms with Crippen LogP contribution in [0.2, 0.25) is 0 Å². The van der Waals surface area contributed by atoms with Crippen LogP contribution < -0.4 is 26.8 Å². The Labute approximate surface area is 158 Å². The van der Waals surface area contributed by atoms with Gasteiger partial charge < -0.3 is 26.8 Å². The molecule has 6 N–H and O–H groups in total. The second-order valence-electron chi connectivity index (χ2n) is 5.64. The predicted molar refractivity (Wildman–Crippen MR) is 104 cm³/mol. The smallest absolute Gasteiger partial charge is 0.255 e. The van der Waals surface area contributed by atoms with Crippen LogP contribution in [0.5, 0.6) is 5.75 Å². The molecule has 142 valence electrons. The molecule has 0 aromatic carbocycles. The van der Waals surface area contributed by atoms with Gasteiger partial charge in [0.05, 0.1) is 11.3 Å². The molecule has 1 aromatic rings. The van der Waals surface area contributed by atoms with Gasteiger partial charge in [-0.2, -0.15) is 0 Å². The van der Waals surface area contributed by atoms with Gasteiger partial charge in [-0.15, -0.1) is 12.6 Å². The summed E-state index contributed by atoms with van der Waals surface area (Å²) in [5.74, 6) is -0.688. The Hall–Kier alpha value is -2.68. The minimum Gasteiger partial charge on any atom is -0.488 e. The van der Waals surface area contributed by atoms with Crippen molar-refractivity contribution in [2.24, 2.45) is 11.5 Å². The molecule has 0 aliphatic carbocycles. The van der Waals surface area contributed by atoms with Gasteiger partial charge in [0.15, 0.2) is 0 Å². The summed E-state index contributed by atoms with van der Waals surface area (Å²) in [5, 5.41) is 5.48. The van der Waals surface area contributed by atoms with Gasteiger partial charge in [0.1, 0.15) is 18.4 Å². The number of nitrogens with zero attached hydrogens (tertiary/aromatic N) is 1. The lowest BCUT2D eigenvalue weighted by molar-refractivity contribution is -0.124. The number of carbonyl (C=O) groups excluding carboxylic acids is 2. The van der Waals surface area contributed by atoms with E-state index in [4.69, 9.17) is 16.2 Å². The van der Waals surface area contributed by atoms with Crippen LogP contribution in [-0.2, 0) is 9.59 Å². The van der Waals surface area contributed by atoms with E-state index in [1.54, 1.807) is 26.1 Å². The van der Waals surface area contributed by atoms with Gasteiger partial charge in [-0.1, -0.05) is 0 Å². The van der Waals surface area contributed by atoms with E-state index in [9.17, 15) is 9.59 Å². The number of pyridine rings is 1. The highest BCUT2D eigenvalue weighted by molar-refractivity contribution is 7.84. The molecular weight excluding hydrogens is 354 g/mol. The highest BCUT2D eigenvalue weighted by Crippen LogP contribution is 2.21. The monoisotopic (exact) mass is 379 g/mol. The molecule has 0 saturated heterocycles. The normalized spacial score (nSPS) is 13.9. The topological polar surface area (TPSA) is 132 Å². The molecule has 26 heavy (non-hydrogen) atoms. The van der Waals surface area contributed by atoms with E-state index in [-0.39, 0.29) is 17.9 Å². The summed E-state index contributed by atoms with van der Waals surface area (Å²) in [4.78, 5) is 28.5. The number of ether oxygens (including phenoxy) is 1. The van der Waals surface area contributed by atoms with Crippen molar-refractivity contribution in [1.82, 2.24) is 15.6 Å². The SMILES string of the molecule is CN/C(C)=C(\S)COc1ccnc(/C(C(=O)NC(C)C(N)=O)=C(/C)N)c1. The van der Waals surface area contributed by atoms with E-state index < -0.39 is 17.9 Å². The number of nitrogens with two attached hydrogens (primary N) is 2. The van der Waals surface area contributed by atoms with Crippen molar-refractivity contribution in [3.8, 4) is 5.75 Å². The van der Waals surface area contributed by atoms with Crippen molar-refractivity contribution in [3.63, 3.8) is 0 Å². The summed E-state index contributed by atoms with van der Waals surface area (Å²) in [7, 11) is 1.79. The van der Waals surface area contributed by atoms with Crippen LogP contribution in [0.25, 0.3) is 5.57 Å². The van der Waals surface area contributed by atoms with Crippen molar-refractivity contribution in [2.75, 3.05) is 13.7 Å². The van der Waals surface area contributed by atoms with E-state index in [0.717, 1.165) is 10.6 Å². The van der Waals surface area contributed by atoms with Crippen molar-refractivity contribution < 1.29 is 14.3 Å².